The van der Waals surface area contributed by atoms with Crippen LogP contribution in [0.5, 0.6) is 0 Å². The van der Waals surface area contributed by atoms with Crippen LogP contribution in [0.3, 0.4) is 0 Å². The number of thiol groups is 1. The number of carbonyl (C=O) groups is 1. The summed E-state index contributed by atoms with van der Waals surface area (Å²) in [5.41, 5.74) is 2.19. The van der Waals surface area contributed by atoms with Gasteiger partial charge in [0.15, 0.2) is 0 Å². The van der Waals surface area contributed by atoms with E-state index in [1.54, 1.807) is 25.3 Å². The van der Waals surface area contributed by atoms with Crippen LogP contribution in [0.1, 0.15) is 15.9 Å². The van der Waals surface area contributed by atoms with E-state index >= 15 is 0 Å². The first-order chi connectivity index (χ1) is 10.1. The van der Waals surface area contributed by atoms with Gasteiger partial charge in [-0.05, 0) is 36.2 Å². The molecule has 0 unspecified atom stereocenters. The molecule has 1 N–H and O–H groups in total. The Labute approximate surface area is 134 Å². The lowest BCUT2D eigenvalue weighted by molar-refractivity contribution is 0.102. The second kappa shape index (κ2) is 7.50. The van der Waals surface area contributed by atoms with Crippen molar-refractivity contribution in [2.45, 2.75) is 11.3 Å². The minimum absolute atomic E-state index is 0.249. The molecule has 0 aromatic heterocycles. The summed E-state index contributed by atoms with van der Waals surface area (Å²) in [5.74, 6) is -0.249. The van der Waals surface area contributed by atoms with Crippen molar-refractivity contribution in [3.63, 3.8) is 0 Å². The van der Waals surface area contributed by atoms with Crippen molar-refractivity contribution in [3.05, 3.63) is 58.6 Å². The fourth-order valence-corrected chi connectivity index (χ4v) is 2.36. The predicted octanol–water partition coefficient (Wildman–Crippen LogP) is 4.07. The molecule has 0 aliphatic carbocycles. The molecule has 0 aliphatic heterocycles. The topological polar surface area (TPSA) is 38.3 Å². The number of hydrogen-bond donors (Lipinski definition) is 2. The number of benzene rings is 2. The lowest BCUT2D eigenvalue weighted by atomic mass is 10.1. The van der Waals surface area contributed by atoms with Gasteiger partial charge in [0.2, 0.25) is 0 Å². The molecular formula is C16H16ClNO2S. The number of ether oxygens (including phenoxy) is 1. The number of nitrogens with one attached hydrogen (secondary N) is 1. The Hall–Kier alpha value is -1.49. The summed E-state index contributed by atoms with van der Waals surface area (Å²) >= 11 is 10.3. The van der Waals surface area contributed by atoms with Crippen molar-refractivity contribution >= 4 is 35.8 Å². The number of anilines is 1. The molecule has 2 aromatic rings. The molecular weight excluding hydrogens is 306 g/mol. The molecule has 110 valence electrons. The molecule has 0 heterocycles. The van der Waals surface area contributed by atoms with E-state index in [-0.39, 0.29) is 5.91 Å². The van der Waals surface area contributed by atoms with E-state index in [4.69, 9.17) is 16.3 Å². The Kier molecular flexibility index (Phi) is 5.67. The van der Waals surface area contributed by atoms with Crippen molar-refractivity contribution in [1.82, 2.24) is 0 Å². The highest BCUT2D eigenvalue weighted by Crippen LogP contribution is 2.22. The maximum absolute atomic E-state index is 12.4. The van der Waals surface area contributed by atoms with E-state index in [0.717, 1.165) is 17.7 Å². The van der Waals surface area contributed by atoms with Gasteiger partial charge in [0, 0.05) is 17.7 Å². The van der Waals surface area contributed by atoms with Crippen LogP contribution in [0, 0.1) is 0 Å². The van der Waals surface area contributed by atoms with Gasteiger partial charge in [0.1, 0.15) is 0 Å². The van der Waals surface area contributed by atoms with Crippen LogP contribution in [0.2, 0.25) is 5.02 Å². The third-order valence-electron chi connectivity index (χ3n) is 3.04. The molecule has 0 radical (unpaired) electrons. The van der Waals surface area contributed by atoms with Crippen LogP contribution < -0.4 is 5.32 Å². The molecule has 0 spiro atoms. The van der Waals surface area contributed by atoms with Crippen molar-refractivity contribution < 1.29 is 9.53 Å². The van der Waals surface area contributed by atoms with Crippen LogP contribution in [0.25, 0.3) is 0 Å². The van der Waals surface area contributed by atoms with Crippen molar-refractivity contribution in [3.8, 4) is 0 Å². The molecule has 0 fully saturated rings. The highest BCUT2D eigenvalue weighted by atomic mass is 35.5. The van der Waals surface area contributed by atoms with Crippen LogP contribution >= 0.6 is 24.2 Å². The van der Waals surface area contributed by atoms with Gasteiger partial charge in [-0.2, -0.15) is 0 Å². The molecule has 0 aliphatic rings. The SMILES string of the molecule is COCCc1ccccc1NC(=O)c1cc(S)ccc1Cl. The normalized spacial score (nSPS) is 10.4. The van der Waals surface area contributed by atoms with E-state index in [0.29, 0.717) is 22.1 Å². The summed E-state index contributed by atoms with van der Waals surface area (Å²) in [6, 6.07) is 12.7. The average molecular weight is 322 g/mol. The number of amides is 1. The van der Waals surface area contributed by atoms with E-state index in [2.05, 4.69) is 17.9 Å². The van der Waals surface area contributed by atoms with Crippen LogP contribution in [-0.4, -0.2) is 19.6 Å². The fourth-order valence-electron chi connectivity index (χ4n) is 1.95. The molecule has 2 aromatic carbocycles. The van der Waals surface area contributed by atoms with Gasteiger partial charge in [-0.25, -0.2) is 0 Å². The summed E-state index contributed by atoms with van der Waals surface area (Å²) in [5, 5.41) is 3.29. The van der Waals surface area contributed by atoms with E-state index in [1.165, 1.54) is 0 Å². The van der Waals surface area contributed by atoms with Crippen LogP contribution in [-0.2, 0) is 11.2 Å². The van der Waals surface area contributed by atoms with Gasteiger partial charge in [0.25, 0.3) is 5.91 Å². The number of rotatable bonds is 5. The Morgan fingerprint density at radius 2 is 2.05 bits per heavy atom. The second-order valence-corrected chi connectivity index (χ2v) is 5.44. The van der Waals surface area contributed by atoms with Gasteiger partial charge < -0.3 is 10.1 Å². The number of methoxy groups -OCH3 is 1. The maximum atomic E-state index is 12.4. The first kappa shape index (κ1) is 15.9. The first-order valence-electron chi connectivity index (χ1n) is 6.48. The zero-order chi connectivity index (χ0) is 15.2. The molecule has 21 heavy (non-hydrogen) atoms. The highest BCUT2D eigenvalue weighted by molar-refractivity contribution is 7.80. The maximum Gasteiger partial charge on any atom is 0.257 e. The van der Waals surface area contributed by atoms with Gasteiger partial charge in [-0.1, -0.05) is 29.8 Å². The van der Waals surface area contributed by atoms with Crippen molar-refractivity contribution in [2.24, 2.45) is 0 Å². The molecule has 5 heteroatoms. The predicted molar refractivity (Wildman–Crippen MR) is 88.7 cm³/mol. The summed E-state index contributed by atoms with van der Waals surface area (Å²) in [6.45, 7) is 0.597. The summed E-state index contributed by atoms with van der Waals surface area (Å²) in [4.78, 5) is 13.0. The van der Waals surface area contributed by atoms with Crippen molar-refractivity contribution in [1.29, 1.82) is 0 Å². The third-order valence-corrected chi connectivity index (χ3v) is 3.64. The third kappa shape index (κ3) is 4.24. The summed E-state index contributed by atoms with van der Waals surface area (Å²) < 4.78 is 5.08. The summed E-state index contributed by atoms with van der Waals surface area (Å²) in [7, 11) is 1.65. The van der Waals surface area contributed by atoms with E-state index in [1.807, 2.05) is 24.3 Å². The minimum Gasteiger partial charge on any atom is -0.384 e. The zero-order valence-corrected chi connectivity index (χ0v) is 13.2. The smallest absolute Gasteiger partial charge is 0.257 e. The number of halogens is 1. The number of para-hydroxylation sites is 1. The first-order valence-corrected chi connectivity index (χ1v) is 7.31. The molecule has 3 nitrogen and oxygen atoms in total. The number of carbonyl (C=O) groups excluding carboxylic acids is 1. The molecule has 0 bridgehead atoms. The Bertz CT molecular complexity index is 646. The standard InChI is InChI=1S/C16H16ClNO2S/c1-20-9-8-11-4-2-3-5-15(11)18-16(19)13-10-12(21)6-7-14(13)17/h2-7,10,21H,8-9H2,1H3,(H,18,19). The van der Waals surface area contributed by atoms with Gasteiger partial charge in [0.05, 0.1) is 17.2 Å². The van der Waals surface area contributed by atoms with Crippen molar-refractivity contribution in [2.75, 3.05) is 19.0 Å². The second-order valence-electron chi connectivity index (χ2n) is 4.52. The molecule has 1 amide bonds. The van der Waals surface area contributed by atoms with E-state index in [9.17, 15) is 4.79 Å². The zero-order valence-electron chi connectivity index (χ0n) is 11.6. The molecule has 0 atom stereocenters. The van der Waals surface area contributed by atoms with E-state index < -0.39 is 0 Å². The molecule has 0 saturated carbocycles. The number of hydrogen-bond acceptors (Lipinski definition) is 3. The monoisotopic (exact) mass is 321 g/mol. The lowest BCUT2D eigenvalue weighted by Crippen LogP contribution is -2.14. The van der Waals surface area contributed by atoms with Gasteiger partial charge in [-0.3, -0.25) is 4.79 Å². The molecule has 0 saturated heterocycles. The van der Waals surface area contributed by atoms with Gasteiger partial charge >= 0.3 is 0 Å². The lowest BCUT2D eigenvalue weighted by Gasteiger charge is -2.12. The summed E-state index contributed by atoms with van der Waals surface area (Å²) in [6.07, 6.45) is 0.729. The average Bonchev–Trinajstić information content (AvgIpc) is 2.48. The van der Waals surface area contributed by atoms with Gasteiger partial charge in [-0.15, -0.1) is 12.6 Å². The quantitative estimate of drug-likeness (QED) is 0.815. The molecule has 2 rings (SSSR count). The fraction of sp³-hybridized carbons (Fsp3) is 0.188. The van der Waals surface area contributed by atoms with Crippen LogP contribution in [0.4, 0.5) is 5.69 Å². The Balaban J connectivity index is 2.21. The Morgan fingerprint density at radius 1 is 1.29 bits per heavy atom. The van der Waals surface area contributed by atoms with Crippen LogP contribution in [0.15, 0.2) is 47.4 Å². The Morgan fingerprint density at radius 3 is 2.81 bits per heavy atom. The largest absolute Gasteiger partial charge is 0.384 e. The highest BCUT2D eigenvalue weighted by Gasteiger charge is 2.12. The minimum atomic E-state index is -0.249.